The lowest BCUT2D eigenvalue weighted by Crippen LogP contribution is -2.29. The second kappa shape index (κ2) is 9.56. The van der Waals surface area contributed by atoms with Crippen LogP contribution >= 0.6 is 0 Å². The molecule has 2 aromatic carbocycles. The Morgan fingerprint density at radius 3 is 2.55 bits per heavy atom. The first-order valence-corrected chi connectivity index (χ1v) is 10.6. The second-order valence-electron chi connectivity index (χ2n) is 7.49. The molecule has 1 saturated heterocycles. The summed E-state index contributed by atoms with van der Waals surface area (Å²) in [4.78, 5) is 31.8. The van der Waals surface area contributed by atoms with Crippen LogP contribution in [0.25, 0.3) is 5.76 Å². The molecule has 3 aromatic rings. The minimum absolute atomic E-state index is 0.00667. The quantitative estimate of drug-likeness (QED) is 0.335. The number of benzene rings is 2. The normalized spacial score (nSPS) is 17.3. The highest BCUT2D eigenvalue weighted by molar-refractivity contribution is 6.46. The van der Waals surface area contributed by atoms with Crippen LogP contribution in [-0.4, -0.2) is 40.4 Å². The number of carbonyl (C=O) groups is 2. The van der Waals surface area contributed by atoms with Crippen molar-refractivity contribution in [2.75, 3.05) is 13.7 Å². The molecule has 1 atom stereocenters. The highest BCUT2D eigenvalue weighted by atomic mass is 16.5. The summed E-state index contributed by atoms with van der Waals surface area (Å²) in [5.41, 5.74) is 1.82. The van der Waals surface area contributed by atoms with Crippen molar-refractivity contribution in [2.24, 2.45) is 0 Å². The average Bonchev–Trinajstić information content (AvgIpc) is 3.09. The Kier molecular flexibility index (Phi) is 6.40. The van der Waals surface area contributed by atoms with E-state index in [1.54, 1.807) is 67.0 Å². The van der Waals surface area contributed by atoms with Crippen molar-refractivity contribution in [1.82, 2.24) is 9.88 Å². The summed E-state index contributed by atoms with van der Waals surface area (Å²) in [7, 11) is 1.53. The Morgan fingerprint density at radius 2 is 1.82 bits per heavy atom. The van der Waals surface area contributed by atoms with Gasteiger partial charge in [0.05, 0.1) is 25.3 Å². The first-order chi connectivity index (χ1) is 16.0. The number of methoxy groups -OCH3 is 1. The van der Waals surface area contributed by atoms with Crippen molar-refractivity contribution in [2.45, 2.75) is 19.5 Å². The van der Waals surface area contributed by atoms with E-state index in [1.165, 1.54) is 12.0 Å². The van der Waals surface area contributed by atoms with Crippen LogP contribution in [0.4, 0.5) is 0 Å². The van der Waals surface area contributed by atoms with Gasteiger partial charge in [-0.05, 0) is 42.8 Å². The third-order valence-electron chi connectivity index (χ3n) is 5.49. The lowest BCUT2D eigenvalue weighted by atomic mass is 9.94. The average molecular weight is 444 g/mol. The molecule has 0 spiro atoms. The van der Waals surface area contributed by atoms with Crippen LogP contribution in [0.1, 0.15) is 29.7 Å². The van der Waals surface area contributed by atoms with Gasteiger partial charge in [0.25, 0.3) is 11.7 Å². The van der Waals surface area contributed by atoms with Crippen molar-refractivity contribution in [1.29, 1.82) is 0 Å². The van der Waals surface area contributed by atoms with E-state index < -0.39 is 17.7 Å². The second-order valence-corrected chi connectivity index (χ2v) is 7.49. The number of aliphatic hydroxyl groups excluding tert-OH is 1. The van der Waals surface area contributed by atoms with E-state index in [0.717, 1.165) is 5.56 Å². The lowest BCUT2D eigenvalue weighted by Gasteiger charge is -2.26. The number of pyridine rings is 1. The number of carbonyl (C=O) groups excluding carboxylic acids is 2. The topological polar surface area (TPSA) is 89.0 Å². The number of aromatic nitrogens is 1. The number of amides is 1. The molecule has 1 unspecified atom stereocenters. The van der Waals surface area contributed by atoms with E-state index in [2.05, 4.69) is 4.98 Å². The lowest BCUT2D eigenvalue weighted by molar-refractivity contribution is -0.140. The molecule has 1 aromatic heterocycles. The fourth-order valence-electron chi connectivity index (χ4n) is 4.00. The number of para-hydroxylation sites is 1. The Hall–Kier alpha value is -4.13. The Morgan fingerprint density at radius 1 is 1.06 bits per heavy atom. The summed E-state index contributed by atoms with van der Waals surface area (Å²) in [6.45, 7) is 2.49. The van der Waals surface area contributed by atoms with E-state index in [-0.39, 0.29) is 17.9 Å². The van der Waals surface area contributed by atoms with E-state index in [0.29, 0.717) is 29.2 Å². The maximum absolute atomic E-state index is 13.2. The number of nitrogens with zero attached hydrogens (tertiary/aromatic N) is 2. The molecular weight excluding hydrogens is 420 g/mol. The molecule has 1 amide bonds. The molecule has 0 bridgehead atoms. The van der Waals surface area contributed by atoms with Crippen molar-refractivity contribution in [3.63, 3.8) is 0 Å². The number of aliphatic hydroxyl groups is 1. The minimum atomic E-state index is -0.829. The smallest absolute Gasteiger partial charge is 0.295 e. The fraction of sp³-hybridized carbons (Fsp3) is 0.192. The summed E-state index contributed by atoms with van der Waals surface area (Å²) in [6.07, 6.45) is 3.26. The first-order valence-electron chi connectivity index (χ1n) is 10.6. The van der Waals surface area contributed by atoms with E-state index in [4.69, 9.17) is 9.47 Å². The van der Waals surface area contributed by atoms with Gasteiger partial charge in [-0.25, -0.2) is 0 Å². The van der Waals surface area contributed by atoms with E-state index in [9.17, 15) is 14.7 Å². The van der Waals surface area contributed by atoms with Gasteiger partial charge >= 0.3 is 0 Å². The predicted octanol–water partition coefficient (Wildman–Crippen LogP) is 4.11. The van der Waals surface area contributed by atoms with Gasteiger partial charge in [-0.15, -0.1) is 0 Å². The molecule has 1 aliphatic heterocycles. The largest absolute Gasteiger partial charge is 0.507 e. The SMILES string of the molecule is CCOc1cccc(/C(O)=C2/C(=O)C(=O)N(Cc3ccncc3)C2c2ccccc2OC)c1. The molecule has 4 rings (SSSR count). The number of rotatable bonds is 7. The van der Waals surface area contributed by atoms with Gasteiger partial charge in [0.1, 0.15) is 17.3 Å². The Bertz CT molecular complexity index is 1210. The maximum atomic E-state index is 13.2. The molecule has 0 radical (unpaired) electrons. The summed E-state index contributed by atoms with van der Waals surface area (Å²) in [6, 6.07) is 16.7. The number of ketones is 1. The highest BCUT2D eigenvalue weighted by Gasteiger charge is 2.47. The summed E-state index contributed by atoms with van der Waals surface area (Å²) in [5, 5.41) is 11.3. The zero-order chi connectivity index (χ0) is 23.4. The molecule has 2 heterocycles. The summed E-state index contributed by atoms with van der Waals surface area (Å²) >= 11 is 0. The van der Waals surface area contributed by atoms with E-state index >= 15 is 0 Å². The highest BCUT2D eigenvalue weighted by Crippen LogP contribution is 2.43. The monoisotopic (exact) mass is 444 g/mol. The van der Waals surface area contributed by atoms with Gasteiger partial charge in [0, 0.05) is 30.1 Å². The van der Waals surface area contributed by atoms with Gasteiger partial charge in [-0.1, -0.05) is 30.3 Å². The first kappa shape index (κ1) is 22.1. The molecule has 33 heavy (non-hydrogen) atoms. The molecule has 7 nitrogen and oxygen atoms in total. The predicted molar refractivity (Wildman–Crippen MR) is 123 cm³/mol. The van der Waals surface area contributed by atoms with Crippen LogP contribution < -0.4 is 9.47 Å². The molecule has 168 valence electrons. The molecule has 0 aliphatic carbocycles. The van der Waals surface area contributed by atoms with Crippen LogP contribution in [0.5, 0.6) is 11.5 Å². The Balaban J connectivity index is 1.89. The number of hydrogen-bond acceptors (Lipinski definition) is 6. The molecule has 1 N–H and O–H groups in total. The van der Waals surface area contributed by atoms with Crippen LogP contribution in [0.15, 0.2) is 78.6 Å². The van der Waals surface area contributed by atoms with Crippen LogP contribution in [-0.2, 0) is 16.1 Å². The molecular formula is C26H24N2O5. The van der Waals surface area contributed by atoms with Crippen LogP contribution in [0, 0.1) is 0 Å². The maximum Gasteiger partial charge on any atom is 0.295 e. The summed E-state index contributed by atoms with van der Waals surface area (Å²) < 4.78 is 11.1. The van der Waals surface area contributed by atoms with Crippen LogP contribution in [0.2, 0.25) is 0 Å². The van der Waals surface area contributed by atoms with Gasteiger partial charge in [-0.3, -0.25) is 14.6 Å². The number of hydrogen-bond donors (Lipinski definition) is 1. The van der Waals surface area contributed by atoms with Crippen molar-refractivity contribution in [3.05, 3.63) is 95.3 Å². The minimum Gasteiger partial charge on any atom is -0.507 e. The van der Waals surface area contributed by atoms with E-state index in [1.807, 2.05) is 13.0 Å². The zero-order valence-corrected chi connectivity index (χ0v) is 18.4. The van der Waals surface area contributed by atoms with Crippen LogP contribution in [0.3, 0.4) is 0 Å². The molecule has 1 fully saturated rings. The van der Waals surface area contributed by atoms with Crippen molar-refractivity contribution >= 4 is 17.4 Å². The van der Waals surface area contributed by atoms with Gasteiger partial charge in [-0.2, -0.15) is 0 Å². The molecule has 1 aliphatic rings. The van der Waals surface area contributed by atoms with Gasteiger partial charge in [0.15, 0.2) is 0 Å². The van der Waals surface area contributed by atoms with Gasteiger partial charge in [0.2, 0.25) is 0 Å². The third-order valence-corrected chi connectivity index (χ3v) is 5.49. The Labute approximate surface area is 191 Å². The number of likely N-dealkylation sites (tertiary alicyclic amines) is 1. The van der Waals surface area contributed by atoms with Crippen molar-refractivity contribution in [3.8, 4) is 11.5 Å². The fourth-order valence-corrected chi connectivity index (χ4v) is 4.00. The van der Waals surface area contributed by atoms with Crippen molar-refractivity contribution < 1.29 is 24.2 Å². The molecule has 7 heteroatoms. The van der Waals surface area contributed by atoms with Gasteiger partial charge < -0.3 is 19.5 Å². The molecule has 0 saturated carbocycles. The summed E-state index contributed by atoms with van der Waals surface area (Å²) in [5.74, 6) is -0.632. The number of Topliss-reactive ketones (excluding diaryl/α,β-unsaturated/α-hetero) is 1. The zero-order valence-electron chi connectivity index (χ0n) is 18.4. The standard InChI is InChI=1S/C26H24N2O5/c1-3-33-19-8-6-7-18(15-19)24(29)22-23(20-9-4-5-10-21(20)32-2)28(26(31)25(22)30)16-17-11-13-27-14-12-17/h4-15,23,29H,3,16H2,1-2H3/b24-22-. The number of ether oxygens (including phenoxy) is 2. The third kappa shape index (κ3) is 4.30.